The number of imidazole rings is 1. The van der Waals surface area contributed by atoms with Gasteiger partial charge in [0.15, 0.2) is 0 Å². The van der Waals surface area contributed by atoms with Gasteiger partial charge in [-0.05, 0) is 39.4 Å². The number of rotatable bonds is 6. The van der Waals surface area contributed by atoms with Crippen LogP contribution in [0.4, 0.5) is 0 Å². The predicted molar refractivity (Wildman–Crippen MR) is 109 cm³/mol. The molecule has 142 valence electrons. The monoisotopic (exact) mass is 364 g/mol. The highest BCUT2D eigenvalue weighted by molar-refractivity contribution is 5.78. The third kappa shape index (κ3) is 4.74. The molecule has 1 N–H and O–H groups in total. The van der Waals surface area contributed by atoms with Crippen molar-refractivity contribution in [2.75, 3.05) is 13.1 Å². The van der Waals surface area contributed by atoms with Gasteiger partial charge in [0, 0.05) is 23.8 Å². The molecule has 0 unspecified atom stereocenters. The fraction of sp³-hybridized carbons (Fsp3) is 0.364. The smallest absolute Gasteiger partial charge is 0.234 e. The number of fused-ring (bicyclic) bond motifs is 1. The third-order valence-electron chi connectivity index (χ3n) is 4.38. The molecule has 1 amide bonds. The van der Waals surface area contributed by atoms with Gasteiger partial charge in [-0.15, -0.1) is 0 Å². The van der Waals surface area contributed by atoms with E-state index in [2.05, 4.69) is 33.7 Å². The Morgan fingerprint density at radius 3 is 2.48 bits per heavy atom. The summed E-state index contributed by atoms with van der Waals surface area (Å²) in [7, 11) is 0. The Balaban J connectivity index is 1.91. The van der Waals surface area contributed by atoms with Crippen molar-refractivity contribution in [3.8, 4) is 11.3 Å². The van der Waals surface area contributed by atoms with Crippen molar-refractivity contribution in [1.82, 2.24) is 19.6 Å². The Kier molecular flexibility index (Phi) is 5.61. The van der Waals surface area contributed by atoms with E-state index in [9.17, 15) is 4.79 Å². The molecule has 3 aromatic rings. The van der Waals surface area contributed by atoms with Gasteiger partial charge >= 0.3 is 0 Å². The number of carbonyl (C=O) groups excluding carboxylic acids is 1. The average molecular weight is 364 g/mol. The summed E-state index contributed by atoms with van der Waals surface area (Å²) in [5.41, 5.74) is 3.85. The van der Waals surface area contributed by atoms with E-state index in [1.165, 1.54) is 0 Å². The summed E-state index contributed by atoms with van der Waals surface area (Å²) >= 11 is 0. The van der Waals surface area contributed by atoms with Gasteiger partial charge in [-0.3, -0.25) is 9.69 Å². The minimum Gasteiger partial charge on any atom is -0.350 e. The summed E-state index contributed by atoms with van der Waals surface area (Å²) < 4.78 is 2.12. The van der Waals surface area contributed by atoms with Gasteiger partial charge in [0.05, 0.1) is 17.9 Å². The number of amides is 1. The van der Waals surface area contributed by atoms with Crippen LogP contribution in [-0.2, 0) is 11.3 Å². The van der Waals surface area contributed by atoms with Crippen LogP contribution in [0.1, 0.15) is 33.4 Å². The van der Waals surface area contributed by atoms with Gasteiger partial charge in [0.25, 0.3) is 0 Å². The number of benzene rings is 1. The van der Waals surface area contributed by atoms with Crippen molar-refractivity contribution in [1.29, 1.82) is 0 Å². The molecular weight excluding hydrogens is 336 g/mol. The number of hydrogen-bond donors (Lipinski definition) is 1. The van der Waals surface area contributed by atoms with Crippen LogP contribution in [0.3, 0.4) is 0 Å². The summed E-state index contributed by atoms with van der Waals surface area (Å²) in [6.07, 6.45) is 2.03. The zero-order valence-corrected chi connectivity index (χ0v) is 16.6. The Labute approximate surface area is 161 Å². The molecule has 0 radical (unpaired) electrons. The van der Waals surface area contributed by atoms with Crippen molar-refractivity contribution >= 4 is 11.6 Å². The largest absolute Gasteiger partial charge is 0.350 e. The zero-order valence-electron chi connectivity index (χ0n) is 16.6. The summed E-state index contributed by atoms with van der Waals surface area (Å²) in [6, 6.07) is 16.2. The lowest BCUT2D eigenvalue weighted by molar-refractivity contribution is -0.123. The first kappa shape index (κ1) is 19.1. The highest BCUT2D eigenvalue weighted by Gasteiger charge is 2.20. The molecule has 5 nitrogen and oxygen atoms in total. The molecule has 2 aromatic heterocycles. The van der Waals surface area contributed by atoms with E-state index in [-0.39, 0.29) is 11.4 Å². The van der Waals surface area contributed by atoms with Gasteiger partial charge < -0.3 is 9.72 Å². The number of nitrogens with zero attached hydrogens (tertiary/aromatic N) is 3. The van der Waals surface area contributed by atoms with Crippen LogP contribution < -0.4 is 5.32 Å². The molecule has 1 aromatic carbocycles. The van der Waals surface area contributed by atoms with E-state index >= 15 is 0 Å². The van der Waals surface area contributed by atoms with E-state index in [4.69, 9.17) is 4.98 Å². The van der Waals surface area contributed by atoms with Crippen LogP contribution in [0.5, 0.6) is 0 Å². The molecule has 0 spiro atoms. The average Bonchev–Trinajstić information content (AvgIpc) is 2.99. The molecule has 27 heavy (non-hydrogen) atoms. The number of nitrogens with one attached hydrogen (secondary N) is 1. The molecule has 3 rings (SSSR count). The minimum absolute atomic E-state index is 0.0411. The van der Waals surface area contributed by atoms with Crippen molar-refractivity contribution in [2.45, 2.75) is 39.8 Å². The van der Waals surface area contributed by atoms with Crippen molar-refractivity contribution in [3.05, 3.63) is 60.4 Å². The highest BCUT2D eigenvalue weighted by atomic mass is 16.2. The van der Waals surface area contributed by atoms with Crippen LogP contribution in [0.2, 0.25) is 0 Å². The Bertz CT molecular complexity index is 909. The van der Waals surface area contributed by atoms with E-state index in [0.717, 1.165) is 29.1 Å². The Hall–Kier alpha value is -2.66. The Morgan fingerprint density at radius 1 is 1.11 bits per heavy atom. The van der Waals surface area contributed by atoms with E-state index < -0.39 is 0 Å². The molecule has 0 aliphatic rings. The molecule has 0 saturated carbocycles. The molecule has 0 saturated heterocycles. The second kappa shape index (κ2) is 7.92. The van der Waals surface area contributed by atoms with Gasteiger partial charge in [-0.2, -0.15) is 0 Å². The van der Waals surface area contributed by atoms with E-state index in [1.54, 1.807) is 0 Å². The summed E-state index contributed by atoms with van der Waals surface area (Å²) in [5, 5.41) is 3.04. The molecule has 0 fully saturated rings. The van der Waals surface area contributed by atoms with Crippen molar-refractivity contribution in [3.63, 3.8) is 0 Å². The fourth-order valence-electron chi connectivity index (χ4n) is 3.18. The number of carbonyl (C=O) groups is 1. The van der Waals surface area contributed by atoms with Crippen LogP contribution in [0, 0.1) is 0 Å². The topological polar surface area (TPSA) is 49.6 Å². The van der Waals surface area contributed by atoms with E-state index in [1.807, 2.05) is 63.4 Å². The summed E-state index contributed by atoms with van der Waals surface area (Å²) in [6.45, 7) is 9.88. The van der Waals surface area contributed by atoms with Gasteiger partial charge in [-0.1, -0.05) is 43.3 Å². The summed E-state index contributed by atoms with van der Waals surface area (Å²) in [4.78, 5) is 19.4. The SMILES string of the molecule is CCN(CC(=O)NC(C)(C)C)Cc1c(-c2ccccc2)nc2ccccn12. The maximum Gasteiger partial charge on any atom is 0.234 e. The second-order valence-corrected chi connectivity index (χ2v) is 7.80. The third-order valence-corrected chi connectivity index (χ3v) is 4.38. The summed E-state index contributed by atoms with van der Waals surface area (Å²) in [5.74, 6) is 0.0411. The maximum atomic E-state index is 12.4. The first-order valence-corrected chi connectivity index (χ1v) is 9.42. The van der Waals surface area contributed by atoms with Crippen LogP contribution in [0.15, 0.2) is 54.7 Å². The quantitative estimate of drug-likeness (QED) is 0.725. The molecule has 0 bridgehead atoms. The normalized spacial score (nSPS) is 11.9. The molecule has 0 aliphatic carbocycles. The molecule has 0 atom stereocenters. The Morgan fingerprint density at radius 2 is 1.81 bits per heavy atom. The second-order valence-electron chi connectivity index (χ2n) is 7.80. The molecule has 2 heterocycles. The first-order valence-electron chi connectivity index (χ1n) is 9.42. The molecule has 0 aliphatic heterocycles. The van der Waals surface area contributed by atoms with E-state index in [0.29, 0.717) is 13.1 Å². The number of likely N-dealkylation sites (N-methyl/N-ethyl adjacent to an activating group) is 1. The number of aromatic nitrogens is 2. The zero-order chi connectivity index (χ0) is 19.4. The lowest BCUT2D eigenvalue weighted by atomic mass is 10.1. The first-order chi connectivity index (χ1) is 12.9. The maximum absolute atomic E-state index is 12.4. The standard InChI is InChI=1S/C22H28N4O/c1-5-25(16-20(27)24-22(2,3)4)15-18-21(17-11-7-6-8-12-17)23-19-13-9-10-14-26(18)19/h6-14H,5,15-16H2,1-4H3,(H,24,27). The lowest BCUT2D eigenvalue weighted by Gasteiger charge is -2.25. The molecular formula is C22H28N4O. The minimum atomic E-state index is -0.227. The highest BCUT2D eigenvalue weighted by Crippen LogP contribution is 2.25. The van der Waals surface area contributed by atoms with Crippen molar-refractivity contribution in [2.24, 2.45) is 0 Å². The fourth-order valence-corrected chi connectivity index (χ4v) is 3.18. The molecule has 5 heteroatoms. The number of hydrogen-bond acceptors (Lipinski definition) is 3. The predicted octanol–water partition coefficient (Wildman–Crippen LogP) is 3.74. The van der Waals surface area contributed by atoms with Gasteiger partial charge in [-0.25, -0.2) is 4.98 Å². The van der Waals surface area contributed by atoms with Gasteiger partial charge in [0.2, 0.25) is 5.91 Å². The van der Waals surface area contributed by atoms with Crippen LogP contribution in [0.25, 0.3) is 16.9 Å². The van der Waals surface area contributed by atoms with Crippen LogP contribution in [-0.4, -0.2) is 38.8 Å². The van der Waals surface area contributed by atoms with Crippen LogP contribution >= 0.6 is 0 Å². The van der Waals surface area contributed by atoms with Crippen molar-refractivity contribution < 1.29 is 4.79 Å². The van der Waals surface area contributed by atoms with Gasteiger partial charge in [0.1, 0.15) is 5.65 Å². The number of pyridine rings is 1. The lowest BCUT2D eigenvalue weighted by Crippen LogP contribution is -2.45.